The van der Waals surface area contributed by atoms with E-state index in [-0.39, 0.29) is 22.7 Å². The monoisotopic (exact) mass is 325 g/mol. The van der Waals surface area contributed by atoms with Crippen LogP contribution in [-0.4, -0.2) is 11.1 Å². The zero-order chi connectivity index (χ0) is 14.0. The van der Waals surface area contributed by atoms with Gasteiger partial charge in [-0.2, -0.15) is 0 Å². The van der Waals surface area contributed by atoms with Crippen LogP contribution in [0.15, 0.2) is 40.9 Å². The molecule has 4 nitrogen and oxygen atoms in total. The Kier molecular flexibility index (Phi) is 3.71. The maximum atomic E-state index is 13.3. The molecule has 0 unspecified atom stereocenters. The summed E-state index contributed by atoms with van der Waals surface area (Å²) in [6.45, 7) is 0. The first-order valence-electron chi connectivity index (χ1n) is 5.23. The first-order chi connectivity index (χ1) is 8.97. The second kappa shape index (κ2) is 5.27. The highest BCUT2D eigenvalue weighted by Gasteiger charge is 2.09. The van der Waals surface area contributed by atoms with Gasteiger partial charge in [0.1, 0.15) is 11.6 Å². The lowest BCUT2D eigenvalue weighted by atomic mass is 10.2. The van der Waals surface area contributed by atoms with Gasteiger partial charge in [0.2, 0.25) is 0 Å². The normalized spacial score (nSPS) is 10.2. The van der Waals surface area contributed by atoms with Crippen molar-refractivity contribution >= 4 is 27.6 Å². The number of hydrogen-bond donors (Lipinski definition) is 2. The van der Waals surface area contributed by atoms with Crippen molar-refractivity contribution in [2.45, 2.75) is 0 Å². The summed E-state index contributed by atoms with van der Waals surface area (Å²) in [7, 11) is 0. The van der Waals surface area contributed by atoms with Gasteiger partial charge in [0, 0.05) is 6.07 Å². The van der Waals surface area contributed by atoms with Crippen molar-refractivity contribution in [1.82, 2.24) is 0 Å². The highest BCUT2D eigenvalue weighted by Crippen LogP contribution is 2.30. The highest BCUT2D eigenvalue weighted by atomic mass is 79.9. The van der Waals surface area contributed by atoms with Crippen LogP contribution in [0.2, 0.25) is 0 Å². The summed E-state index contributed by atoms with van der Waals surface area (Å²) < 4.78 is 19.0. The molecule has 0 aromatic heterocycles. The van der Waals surface area contributed by atoms with Crippen LogP contribution in [0.4, 0.5) is 10.1 Å². The second-order valence-corrected chi connectivity index (χ2v) is 4.59. The molecule has 0 aliphatic carbocycles. The number of rotatable bonds is 3. The Hall–Kier alpha value is -2.08. The maximum absolute atomic E-state index is 13.3. The maximum Gasteiger partial charge on any atom is 0.335 e. The number of aromatic carboxylic acids is 1. The number of nitrogen functional groups attached to an aromatic ring is 1. The molecule has 0 saturated carbocycles. The molecule has 0 heterocycles. The molecule has 0 saturated heterocycles. The highest BCUT2D eigenvalue weighted by molar-refractivity contribution is 9.10. The minimum atomic E-state index is -1.09. The Balaban J connectivity index is 2.34. The quantitative estimate of drug-likeness (QED) is 0.844. The molecule has 6 heteroatoms. The largest absolute Gasteiger partial charge is 0.478 e. The minimum Gasteiger partial charge on any atom is -0.478 e. The van der Waals surface area contributed by atoms with E-state index in [9.17, 15) is 9.18 Å². The fourth-order valence-electron chi connectivity index (χ4n) is 1.42. The predicted octanol–water partition coefficient (Wildman–Crippen LogP) is 3.66. The Morgan fingerprint density at radius 1 is 1.26 bits per heavy atom. The Morgan fingerprint density at radius 2 is 2.00 bits per heavy atom. The molecule has 0 fully saturated rings. The van der Waals surface area contributed by atoms with E-state index in [4.69, 9.17) is 15.6 Å². The van der Waals surface area contributed by atoms with Gasteiger partial charge in [-0.1, -0.05) is 0 Å². The molecular formula is C13H9BrFNO3. The third kappa shape index (κ3) is 3.03. The molecule has 2 aromatic rings. The molecule has 0 bridgehead atoms. The van der Waals surface area contributed by atoms with Crippen molar-refractivity contribution < 1.29 is 19.0 Å². The average molecular weight is 326 g/mol. The summed E-state index contributed by atoms with van der Waals surface area (Å²) >= 11 is 3.03. The molecule has 0 aliphatic rings. The summed E-state index contributed by atoms with van der Waals surface area (Å²) in [4.78, 5) is 10.9. The van der Waals surface area contributed by atoms with Gasteiger partial charge in [0.05, 0.1) is 15.7 Å². The van der Waals surface area contributed by atoms with Crippen molar-refractivity contribution in [3.63, 3.8) is 0 Å². The van der Waals surface area contributed by atoms with Gasteiger partial charge in [-0.15, -0.1) is 0 Å². The lowest BCUT2D eigenvalue weighted by Gasteiger charge is -2.09. The van der Waals surface area contributed by atoms with Gasteiger partial charge in [-0.05, 0) is 46.3 Å². The van der Waals surface area contributed by atoms with Crippen LogP contribution in [0.1, 0.15) is 10.4 Å². The molecule has 3 N–H and O–H groups in total. The molecule has 0 amide bonds. The molecule has 0 aliphatic heterocycles. The van der Waals surface area contributed by atoms with Gasteiger partial charge in [0.15, 0.2) is 5.75 Å². The van der Waals surface area contributed by atoms with E-state index >= 15 is 0 Å². The molecule has 0 spiro atoms. The van der Waals surface area contributed by atoms with Crippen LogP contribution < -0.4 is 10.5 Å². The van der Waals surface area contributed by atoms with E-state index in [1.807, 2.05) is 0 Å². The van der Waals surface area contributed by atoms with Crippen LogP contribution in [0.25, 0.3) is 0 Å². The van der Waals surface area contributed by atoms with Crippen molar-refractivity contribution in [3.05, 3.63) is 52.3 Å². The molecule has 0 radical (unpaired) electrons. The molecule has 2 aromatic carbocycles. The van der Waals surface area contributed by atoms with Crippen LogP contribution in [0.3, 0.4) is 0 Å². The third-order valence-electron chi connectivity index (χ3n) is 2.38. The zero-order valence-corrected chi connectivity index (χ0v) is 11.1. The van der Waals surface area contributed by atoms with E-state index in [2.05, 4.69) is 15.9 Å². The number of halogens is 2. The number of hydrogen-bond acceptors (Lipinski definition) is 3. The summed E-state index contributed by atoms with van der Waals surface area (Å²) in [6.07, 6.45) is 0. The van der Waals surface area contributed by atoms with Crippen molar-refractivity contribution in [2.75, 3.05) is 5.73 Å². The van der Waals surface area contributed by atoms with E-state index in [0.29, 0.717) is 4.47 Å². The topological polar surface area (TPSA) is 72.6 Å². The summed E-state index contributed by atoms with van der Waals surface area (Å²) in [5, 5.41) is 8.88. The van der Waals surface area contributed by atoms with Crippen LogP contribution >= 0.6 is 15.9 Å². The average Bonchev–Trinajstić information content (AvgIpc) is 2.36. The number of carbonyl (C=O) groups is 1. The van der Waals surface area contributed by atoms with Gasteiger partial charge in [0.25, 0.3) is 0 Å². The number of anilines is 1. The summed E-state index contributed by atoms with van der Waals surface area (Å²) in [6, 6.07) is 8.29. The standard InChI is InChI=1S/C13H9BrFNO3/c14-9-3-2-8(6-10(9)15)19-12-5-7(13(17)18)1-4-11(12)16/h1-6H,16H2,(H,17,18). The van der Waals surface area contributed by atoms with E-state index in [1.54, 1.807) is 6.07 Å². The fraction of sp³-hybridized carbons (Fsp3) is 0. The Bertz CT molecular complexity index is 646. The van der Waals surface area contributed by atoms with E-state index in [1.165, 1.54) is 30.3 Å². The second-order valence-electron chi connectivity index (χ2n) is 3.74. The van der Waals surface area contributed by atoms with Crippen molar-refractivity contribution in [2.24, 2.45) is 0 Å². The summed E-state index contributed by atoms with van der Waals surface area (Å²) in [5.74, 6) is -1.17. The summed E-state index contributed by atoms with van der Waals surface area (Å²) in [5.41, 5.74) is 6.00. The zero-order valence-electron chi connectivity index (χ0n) is 9.56. The van der Waals surface area contributed by atoms with Gasteiger partial charge >= 0.3 is 5.97 Å². The van der Waals surface area contributed by atoms with E-state index in [0.717, 1.165) is 0 Å². The number of carboxylic acid groups (broad SMARTS) is 1. The van der Waals surface area contributed by atoms with Crippen LogP contribution in [0, 0.1) is 5.82 Å². The van der Waals surface area contributed by atoms with Gasteiger partial charge < -0.3 is 15.6 Å². The third-order valence-corrected chi connectivity index (χ3v) is 3.02. The predicted molar refractivity (Wildman–Crippen MR) is 72.0 cm³/mol. The van der Waals surface area contributed by atoms with Gasteiger partial charge in [-0.3, -0.25) is 0 Å². The lowest BCUT2D eigenvalue weighted by molar-refractivity contribution is 0.0696. The molecular weight excluding hydrogens is 317 g/mol. The molecule has 2 rings (SSSR count). The molecule has 0 atom stereocenters. The smallest absolute Gasteiger partial charge is 0.335 e. The Labute approximate surface area is 116 Å². The van der Waals surface area contributed by atoms with Crippen molar-refractivity contribution in [3.8, 4) is 11.5 Å². The van der Waals surface area contributed by atoms with Crippen LogP contribution in [-0.2, 0) is 0 Å². The lowest BCUT2D eigenvalue weighted by Crippen LogP contribution is -1.99. The Morgan fingerprint density at radius 3 is 2.63 bits per heavy atom. The fourth-order valence-corrected chi connectivity index (χ4v) is 1.67. The number of benzene rings is 2. The van der Waals surface area contributed by atoms with Crippen LogP contribution in [0.5, 0.6) is 11.5 Å². The number of nitrogens with two attached hydrogens (primary N) is 1. The number of ether oxygens (including phenoxy) is 1. The van der Waals surface area contributed by atoms with Crippen molar-refractivity contribution in [1.29, 1.82) is 0 Å². The minimum absolute atomic E-state index is 0.0433. The first kappa shape index (κ1) is 13.4. The molecule has 19 heavy (non-hydrogen) atoms. The SMILES string of the molecule is Nc1ccc(C(=O)O)cc1Oc1ccc(Br)c(F)c1. The van der Waals surface area contributed by atoms with Gasteiger partial charge in [-0.25, -0.2) is 9.18 Å². The van der Waals surface area contributed by atoms with E-state index < -0.39 is 11.8 Å². The molecule has 98 valence electrons. The number of carboxylic acids is 1. The first-order valence-corrected chi connectivity index (χ1v) is 6.02.